The first-order chi connectivity index (χ1) is 11.2. The Balaban J connectivity index is 1.73. The van der Waals surface area contributed by atoms with Gasteiger partial charge in [-0.15, -0.1) is 0 Å². The number of nitrogens with one attached hydrogen (secondary N) is 1. The summed E-state index contributed by atoms with van der Waals surface area (Å²) in [4.78, 5) is 9.22. The fraction of sp³-hybridized carbons (Fsp3) is 0.550. The molecule has 0 saturated carbocycles. The molecule has 0 unspecified atom stereocenters. The van der Waals surface area contributed by atoms with Gasteiger partial charge in [0.1, 0.15) is 6.67 Å². The fourth-order valence-electron chi connectivity index (χ4n) is 3.16. The van der Waals surface area contributed by atoms with Crippen molar-refractivity contribution in [2.24, 2.45) is 10.4 Å². The Kier molecular flexibility index (Phi) is 4.10. The minimum atomic E-state index is 0.123. The monoisotopic (exact) mass is 326 g/mol. The highest BCUT2D eigenvalue weighted by molar-refractivity contribution is 5.84. The van der Waals surface area contributed by atoms with Crippen LogP contribution in [0.3, 0.4) is 0 Å². The van der Waals surface area contributed by atoms with Crippen LogP contribution in [-0.2, 0) is 5.41 Å². The van der Waals surface area contributed by atoms with Crippen LogP contribution < -0.4 is 10.2 Å². The van der Waals surface area contributed by atoms with Crippen molar-refractivity contribution < 1.29 is 0 Å². The van der Waals surface area contributed by atoms with Gasteiger partial charge in [0.05, 0.1) is 12.6 Å². The molecule has 2 aliphatic rings. The molecule has 1 N–H and O–H groups in total. The average Bonchev–Trinajstić information content (AvgIpc) is 3.15. The minimum absolute atomic E-state index is 0.123. The lowest BCUT2D eigenvalue weighted by Crippen LogP contribution is -2.46. The Labute approximate surface area is 146 Å². The predicted octanol–water partition coefficient (Wildman–Crippen LogP) is 3.91. The van der Waals surface area contributed by atoms with Gasteiger partial charge in [-0.3, -0.25) is 9.89 Å². The number of hydrogen-bond acceptors (Lipinski definition) is 4. The first-order valence-electron chi connectivity index (χ1n) is 8.78. The number of aliphatic imine (C=N–C) groups is 1. The fourth-order valence-corrected chi connectivity index (χ4v) is 3.16. The molecule has 0 bridgehead atoms. The van der Waals surface area contributed by atoms with E-state index in [-0.39, 0.29) is 10.8 Å². The van der Waals surface area contributed by atoms with Crippen LogP contribution in [0.15, 0.2) is 41.7 Å². The lowest BCUT2D eigenvalue weighted by atomic mass is 9.85. The zero-order valence-corrected chi connectivity index (χ0v) is 15.8. The minimum Gasteiger partial charge on any atom is -0.351 e. The van der Waals surface area contributed by atoms with E-state index in [9.17, 15) is 0 Å². The van der Waals surface area contributed by atoms with E-state index in [2.05, 4.69) is 93.3 Å². The molecule has 4 nitrogen and oxygen atoms in total. The molecule has 130 valence electrons. The molecule has 1 aromatic rings. The van der Waals surface area contributed by atoms with Gasteiger partial charge >= 0.3 is 0 Å². The molecule has 0 radical (unpaired) electrons. The van der Waals surface area contributed by atoms with Crippen molar-refractivity contribution in [2.75, 3.05) is 18.1 Å². The normalized spacial score (nSPS) is 21.2. The van der Waals surface area contributed by atoms with Gasteiger partial charge in [0.25, 0.3) is 0 Å². The van der Waals surface area contributed by atoms with Crippen LogP contribution >= 0.6 is 0 Å². The smallest absolute Gasteiger partial charge is 0.199 e. The Morgan fingerprint density at radius 3 is 2.29 bits per heavy atom. The van der Waals surface area contributed by atoms with Crippen LogP contribution in [0, 0.1) is 5.41 Å². The van der Waals surface area contributed by atoms with Crippen LogP contribution in [0.2, 0.25) is 0 Å². The molecule has 24 heavy (non-hydrogen) atoms. The highest BCUT2D eigenvalue weighted by atomic mass is 15.4. The molecule has 2 aliphatic heterocycles. The van der Waals surface area contributed by atoms with E-state index in [4.69, 9.17) is 4.99 Å². The topological polar surface area (TPSA) is 30.9 Å². The molecule has 3 rings (SSSR count). The molecule has 4 heteroatoms. The van der Waals surface area contributed by atoms with Crippen molar-refractivity contribution in [3.8, 4) is 0 Å². The van der Waals surface area contributed by atoms with Crippen molar-refractivity contribution in [3.05, 3.63) is 42.2 Å². The second-order valence-electron chi connectivity index (χ2n) is 8.87. The third-order valence-electron chi connectivity index (χ3n) is 4.80. The molecule has 0 amide bonds. The third-order valence-corrected chi connectivity index (χ3v) is 4.80. The van der Waals surface area contributed by atoms with E-state index < -0.39 is 0 Å². The number of nitrogens with zero attached hydrogens (tertiary/aromatic N) is 3. The molecular weight excluding hydrogens is 296 g/mol. The molecule has 0 fully saturated rings. The highest BCUT2D eigenvalue weighted by Gasteiger charge is 2.32. The van der Waals surface area contributed by atoms with Crippen LogP contribution in [0.1, 0.15) is 47.1 Å². The molecule has 0 aromatic heterocycles. The van der Waals surface area contributed by atoms with Crippen LogP contribution in [-0.4, -0.2) is 30.1 Å². The predicted molar refractivity (Wildman–Crippen MR) is 102 cm³/mol. The highest BCUT2D eigenvalue weighted by Crippen LogP contribution is 2.33. The van der Waals surface area contributed by atoms with E-state index in [1.54, 1.807) is 0 Å². The maximum Gasteiger partial charge on any atom is 0.199 e. The molecule has 1 atom stereocenters. The number of hydrogen-bond donors (Lipinski definition) is 1. The van der Waals surface area contributed by atoms with Crippen molar-refractivity contribution in [1.82, 2.24) is 10.2 Å². The Morgan fingerprint density at radius 2 is 1.67 bits per heavy atom. The molecule has 0 saturated heterocycles. The standard InChI is InChI=1S/C20H30N4/c1-19(2,3)15-9-7-8-10-16(15)23-11-12-24(14-23)18-21-13-17(22-18)20(4,5)6/h7-12,17H,13-14H2,1-6H3,(H,21,22)/t17-/m1/s1. The van der Waals surface area contributed by atoms with Gasteiger partial charge in [-0.1, -0.05) is 59.7 Å². The van der Waals surface area contributed by atoms with E-state index in [0.717, 1.165) is 19.2 Å². The average molecular weight is 326 g/mol. The zero-order valence-electron chi connectivity index (χ0n) is 15.8. The Hall–Kier alpha value is -1.97. The number of guanidine groups is 1. The van der Waals surface area contributed by atoms with Gasteiger partial charge < -0.3 is 10.2 Å². The maximum atomic E-state index is 4.72. The summed E-state index contributed by atoms with van der Waals surface area (Å²) in [6.07, 6.45) is 4.27. The first-order valence-corrected chi connectivity index (χ1v) is 8.78. The number of anilines is 1. The maximum absolute atomic E-state index is 4.72. The number of rotatable bonds is 1. The van der Waals surface area contributed by atoms with Crippen molar-refractivity contribution in [1.29, 1.82) is 0 Å². The second kappa shape index (κ2) is 5.83. The molecule has 0 aliphatic carbocycles. The van der Waals surface area contributed by atoms with Crippen LogP contribution in [0.4, 0.5) is 5.69 Å². The molecule has 1 aromatic carbocycles. The van der Waals surface area contributed by atoms with Gasteiger partial charge in [0.15, 0.2) is 5.96 Å². The third kappa shape index (κ3) is 3.28. The molecule has 0 spiro atoms. The lowest BCUT2D eigenvalue weighted by molar-refractivity contribution is 0.311. The number of para-hydroxylation sites is 1. The summed E-state index contributed by atoms with van der Waals surface area (Å²) in [7, 11) is 0. The van der Waals surface area contributed by atoms with E-state index in [0.29, 0.717) is 6.04 Å². The van der Waals surface area contributed by atoms with Gasteiger partial charge in [0, 0.05) is 18.1 Å². The summed E-state index contributed by atoms with van der Waals surface area (Å²) in [6, 6.07) is 9.07. The summed E-state index contributed by atoms with van der Waals surface area (Å²) in [5.41, 5.74) is 2.98. The summed E-state index contributed by atoms with van der Waals surface area (Å²) in [5, 5.41) is 3.59. The van der Waals surface area contributed by atoms with Crippen molar-refractivity contribution in [2.45, 2.75) is 53.0 Å². The van der Waals surface area contributed by atoms with Gasteiger partial charge in [0.2, 0.25) is 0 Å². The Bertz CT molecular complexity index is 661. The zero-order chi connectivity index (χ0) is 17.5. The van der Waals surface area contributed by atoms with E-state index in [1.807, 2.05) is 0 Å². The van der Waals surface area contributed by atoms with Crippen molar-refractivity contribution >= 4 is 11.6 Å². The lowest BCUT2D eigenvalue weighted by Gasteiger charge is -2.30. The summed E-state index contributed by atoms with van der Waals surface area (Å²) in [6.45, 7) is 15.2. The van der Waals surface area contributed by atoms with Crippen LogP contribution in [0.5, 0.6) is 0 Å². The SMILES string of the molecule is CC(C)(C)c1ccccc1N1C=CN(C2=NC[C@H](C(C)(C)C)N2)C1. The Morgan fingerprint density at radius 1 is 1.00 bits per heavy atom. The summed E-state index contributed by atoms with van der Waals surface area (Å²) >= 11 is 0. The molecule has 2 heterocycles. The number of benzene rings is 1. The van der Waals surface area contributed by atoms with Crippen molar-refractivity contribution in [3.63, 3.8) is 0 Å². The van der Waals surface area contributed by atoms with Crippen LogP contribution in [0.25, 0.3) is 0 Å². The van der Waals surface area contributed by atoms with Gasteiger partial charge in [-0.25, -0.2) is 0 Å². The second-order valence-corrected chi connectivity index (χ2v) is 8.87. The van der Waals surface area contributed by atoms with E-state index in [1.165, 1.54) is 11.3 Å². The molecular formula is C20H30N4. The van der Waals surface area contributed by atoms with Gasteiger partial charge in [-0.2, -0.15) is 0 Å². The van der Waals surface area contributed by atoms with Gasteiger partial charge in [-0.05, 0) is 22.5 Å². The summed E-state index contributed by atoms with van der Waals surface area (Å²) < 4.78 is 0. The summed E-state index contributed by atoms with van der Waals surface area (Å²) in [5.74, 6) is 0.988. The van der Waals surface area contributed by atoms with E-state index >= 15 is 0 Å². The quantitative estimate of drug-likeness (QED) is 0.849. The first kappa shape index (κ1) is 16.9. The largest absolute Gasteiger partial charge is 0.351 e.